The van der Waals surface area contributed by atoms with E-state index in [0.717, 1.165) is 56.3 Å². The van der Waals surface area contributed by atoms with Gasteiger partial charge in [0, 0.05) is 17.5 Å². The Labute approximate surface area is 253 Å². The summed E-state index contributed by atoms with van der Waals surface area (Å²) in [6.45, 7) is 3.67. The Hall–Kier alpha value is -4.66. The van der Waals surface area contributed by atoms with Gasteiger partial charge in [0.2, 0.25) is 0 Å². The lowest BCUT2D eigenvalue weighted by Gasteiger charge is -2.11. The number of hydrogen-bond acceptors (Lipinski definition) is 9. The van der Waals surface area contributed by atoms with E-state index in [-0.39, 0.29) is 0 Å². The first-order valence-electron chi connectivity index (χ1n) is 14.6. The van der Waals surface area contributed by atoms with Gasteiger partial charge in [-0.3, -0.25) is 0 Å². The molecule has 4 N–H and O–H groups in total. The van der Waals surface area contributed by atoms with Crippen LogP contribution in [0.4, 0.5) is 11.4 Å². The number of rotatable bonds is 18. The van der Waals surface area contributed by atoms with Crippen molar-refractivity contribution in [3.8, 4) is 23.0 Å². The van der Waals surface area contributed by atoms with Crippen LogP contribution in [0.1, 0.15) is 67.8 Å². The Morgan fingerprint density at radius 2 is 1.37 bits per heavy atom. The van der Waals surface area contributed by atoms with Crippen molar-refractivity contribution >= 4 is 29.4 Å². The minimum Gasteiger partial charge on any atom is -0.494 e. The third-order valence-corrected chi connectivity index (χ3v) is 6.40. The number of anilines is 2. The fraction of sp³-hybridized carbons (Fsp3) is 0.353. The maximum atomic E-state index is 12.3. The van der Waals surface area contributed by atoms with Crippen LogP contribution in [0.15, 0.2) is 66.7 Å². The van der Waals surface area contributed by atoms with E-state index in [2.05, 4.69) is 6.92 Å². The van der Waals surface area contributed by atoms with Gasteiger partial charge >= 0.3 is 11.9 Å². The second kappa shape index (κ2) is 18.0. The molecular formula is C34H42N2O7. The first kappa shape index (κ1) is 32.8. The van der Waals surface area contributed by atoms with Gasteiger partial charge in [-0.15, -0.1) is 0 Å². The maximum Gasteiger partial charge on any atom is 0.338 e. The summed E-state index contributed by atoms with van der Waals surface area (Å²) in [5, 5.41) is 0. The monoisotopic (exact) mass is 590 g/mol. The summed E-state index contributed by atoms with van der Waals surface area (Å²) < 4.78 is 27.7. The van der Waals surface area contributed by atoms with E-state index < -0.39 is 11.9 Å². The lowest BCUT2D eigenvalue weighted by atomic mass is 10.1. The topological polar surface area (TPSA) is 132 Å². The van der Waals surface area contributed by atoms with E-state index in [0.29, 0.717) is 54.0 Å². The van der Waals surface area contributed by atoms with Crippen molar-refractivity contribution in [2.24, 2.45) is 0 Å². The molecule has 9 nitrogen and oxygen atoms in total. The molecule has 0 heterocycles. The molecule has 0 spiro atoms. The maximum absolute atomic E-state index is 12.3. The van der Waals surface area contributed by atoms with Crippen LogP contribution in [-0.4, -0.2) is 38.9 Å². The number of carbonyl (C=O) groups is 2. The molecule has 3 rings (SSSR count). The highest BCUT2D eigenvalue weighted by atomic mass is 16.5. The van der Waals surface area contributed by atoms with Crippen molar-refractivity contribution < 1.29 is 33.3 Å². The second-order valence-electron chi connectivity index (χ2n) is 9.98. The zero-order valence-electron chi connectivity index (χ0n) is 25.0. The smallest absolute Gasteiger partial charge is 0.338 e. The molecule has 0 radical (unpaired) electrons. The van der Waals surface area contributed by atoms with Gasteiger partial charge in [-0.25, -0.2) is 9.59 Å². The van der Waals surface area contributed by atoms with Crippen LogP contribution in [0.3, 0.4) is 0 Å². The van der Waals surface area contributed by atoms with E-state index in [4.69, 9.17) is 35.2 Å². The zero-order valence-corrected chi connectivity index (χ0v) is 25.0. The van der Waals surface area contributed by atoms with Crippen LogP contribution < -0.4 is 30.4 Å². The molecule has 3 aromatic rings. The number of unbranched alkanes of at least 4 members (excludes halogenated alkanes) is 5. The second-order valence-corrected chi connectivity index (χ2v) is 9.98. The largest absolute Gasteiger partial charge is 0.494 e. The lowest BCUT2D eigenvalue weighted by molar-refractivity contribution is -0.128. The predicted octanol–water partition coefficient (Wildman–Crippen LogP) is 6.84. The molecule has 0 atom stereocenters. The fourth-order valence-electron chi connectivity index (χ4n) is 4.15. The van der Waals surface area contributed by atoms with Crippen molar-refractivity contribution in [1.82, 2.24) is 0 Å². The number of ether oxygens (including phenoxy) is 5. The number of nitrogens with two attached hydrogens (primary N) is 2. The molecule has 0 aliphatic heterocycles. The van der Waals surface area contributed by atoms with Crippen molar-refractivity contribution in [2.75, 3.05) is 38.4 Å². The molecule has 0 amide bonds. The summed E-state index contributed by atoms with van der Waals surface area (Å²) in [6, 6.07) is 17.1. The molecular weight excluding hydrogens is 548 g/mol. The minimum atomic E-state index is -0.486. The molecule has 0 saturated heterocycles. The van der Waals surface area contributed by atoms with Crippen molar-refractivity contribution in [3.63, 3.8) is 0 Å². The molecule has 0 saturated carbocycles. The summed E-state index contributed by atoms with van der Waals surface area (Å²) in [7, 11) is 1.57. The highest BCUT2D eigenvalue weighted by Crippen LogP contribution is 2.29. The van der Waals surface area contributed by atoms with Crippen LogP contribution >= 0.6 is 0 Å². The highest BCUT2D eigenvalue weighted by Gasteiger charge is 2.09. The summed E-state index contributed by atoms with van der Waals surface area (Å²) in [5.41, 5.74) is 13.4. The molecule has 0 bridgehead atoms. The van der Waals surface area contributed by atoms with Crippen LogP contribution in [0.5, 0.6) is 23.0 Å². The molecule has 0 aliphatic carbocycles. The molecule has 3 aromatic carbocycles. The van der Waals surface area contributed by atoms with Gasteiger partial charge in [0.05, 0.1) is 32.5 Å². The SMILES string of the molecule is CCCCCOc1ccc(OC(=O)/C=C/c2ccc(OCCCCCCOC(=O)c3cc(N)cc(N)c3)c(OC)c2)cc1. The number of benzene rings is 3. The van der Waals surface area contributed by atoms with Crippen LogP contribution in [0.25, 0.3) is 6.08 Å². The normalized spacial score (nSPS) is 10.8. The molecule has 0 aliphatic rings. The summed E-state index contributed by atoms with van der Waals surface area (Å²) >= 11 is 0. The minimum absolute atomic E-state index is 0.325. The predicted molar refractivity (Wildman–Crippen MR) is 169 cm³/mol. The highest BCUT2D eigenvalue weighted by molar-refractivity contribution is 5.91. The van der Waals surface area contributed by atoms with E-state index in [1.54, 1.807) is 61.7 Å². The number of methoxy groups -OCH3 is 1. The van der Waals surface area contributed by atoms with Gasteiger partial charge in [0.15, 0.2) is 11.5 Å². The van der Waals surface area contributed by atoms with Gasteiger partial charge in [0.1, 0.15) is 11.5 Å². The number of hydrogen-bond donors (Lipinski definition) is 2. The third kappa shape index (κ3) is 12.0. The van der Waals surface area contributed by atoms with Gasteiger partial charge in [-0.2, -0.15) is 0 Å². The van der Waals surface area contributed by atoms with Gasteiger partial charge in [-0.1, -0.05) is 25.8 Å². The standard InChI is InChI=1S/C34H42N2O7/c1-3-4-7-18-40-29-12-14-30(15-13-29)43-33(37)17-11-25-10-16-31(32(21-25)39-2)41-19-8-5-6-9-20-42-34(38)26-22-27(35)24-28(36)23-26/h10-17,21-24H,3-9,18-20,35-36H2,1-2H3/b17-11+. The van der Waals surface area contributed by atoms with Crippen LogP contribution in [0, 0.1) is 0 Å². The van der Waals surface area contributed by atoms with Crippen molar-refractivity contribution in [1.29, 1.82) is 0 Å². The van der Waals surface area contributed by atoms with Gasteiger partial charge in [0.25, 0.3) is 0 Å². The molecule has 43 heavy (non-hydrogen) atoms. The molecule has 9 heteroatoms. The summed E-state index contributed by atoms with van der Waals surface area (Å²) in [6.07, 6.45) is 9.72. The lowest BCUT2D eigenvalue weighted by Crippen LogP contribution is -2.08. The molecule has 230 valence electrons. The van der Waals surface area contributed by atoms with E-state index in [9.17, 15) is 9.59 Å². The first-order chi connectivity index (χ1) is 20.9. The van der Waals surface area contributed by atoms with Gasteiger partial charge in [-0.05, 0) is 98.3 Å². The Bertz CT molecular complexity index is 1320. The van der Waals surface area contributed by atoms with Gasteiger partial charge < -0.3 is 35.2 Å². The number of esters is 2. The molecule has 0 fully saturated rings. The van der Waals surface area contributed by atoms with E-state index in [1.807, 2.05) is 12.1 Å². The van der Waals surface area contributed by atoms with Crippen molar-refractivity contribution in [3.05, 3.63) is 77.9 Å². The quantitative estimate of drug-likeness (QED) is 0.0537. The average molecular weight is 591 g/mol. The summed E-state index contributed by atoms with van der Waals surface area (Å²) in [4.78, 5) is 24.4. The Morgan fingerprint density at radius 3 is 2.07 bits per heavy atom. The van der Waals surface area contributed by atoms with E-state index in [1.165, 1.54) is 6.08 Å². The Morgan fingerprint density at radius 1 is 0.721 bits per heavy atom. The Kier molecular flexibility index (Phi) is 13.8. The number of nitrogen functional groups attached to an aromatic ring is 2. The third-order valence-electron chi connectivity index (χ3n) is 6.40. The average Bonchev–Trinajstić information content (AvgIpc) is 3.00. The summed E-state index contributed by atoms with van der Waals surface area (Å²) in [5.74, 6) is 1.47. The van der Waals surface area contributed by atoms with Crippen LogP contribution in [0.2, 0.25) is 0 Å². The van der Waals surface area contributed by atoms with Crippen molar-refractivity contribution in [2.45, 2.75) is 51.9 Å². The fourth-order valence-corrected chi connectivity index (χ4v) is 4.15. The Balaban J connectivity index is 1.34. The number of carbonyl (C=O) groups excluding carboxylic acids is 2. The molecule has 0 unspecified atom stereocenters. The van der Waals surface area contributed by atoms with E-state index >= 15 is 0 Å². The first-order valence-corrected chi connectivity index (χ1v) is 14.6. The van der Waals surface area contributed by atoms with Crippen LogP contribution in [-0.2, 0) is 9.53 Å². The molecule has 0 aromatic heterocycles. The zero-order chi connectivity index (χ0) is 30.9.